The molecular formula is C12H21NO5S. The number of hydrogen-bond acceptors (Lipinski definition) is 4. The van der Waals surface area contributed by atoms with Crippen LogP contribution in [0.2, 0.25) is 0 Å². The molecule has 7 heteroatoms. The summed E-state index contributed by atoms with van der Waals surface area (Å²) in [5.74, 6) is -1.59. The Bertz CT molecular complexity index is 459. The molecule has 1 N–H and O–H groups in total. The van der Waals surface area contributed by atoms with E-state index in [2.05, 4.69) is 0 Å². The van der Waals surface area contributed by atoms with Crippen molar-refractivity contribution < 1.29 is 23.1 Å². The molecule has 1 atom stereocenters. The van der Waals surface area contributed by atoms with Crippen molar-refractivity contribution in [2.75, 3.05) is 18.6 Å². The number of likely N-dealkylation sites (tertiary alicyclic amines) is 1. The van der Waals surface area contributed by atoms with Crippen molar-refractivity contribution in [3.8, 4) is 0 Å². The molecule has 0 radical (unpaired) electrons. The quantitative estimate of drug-likeness (QED) is 0.776. The number of carboxylic acid groups (broad SMARTS) is 1. The van der Waals surface area contributed by atoms with Crippen molar-refractivity contribution in [1.82, 2.24) is 4.90 Å². The number of hydrogen-bond donors (Lipinski definition) is 1. The minimum atomic E-state index is -3.21. The van der Waals surface area contributed by atoms with Gasteiger partial charge in [-0.3, -0.25) is 4.79 Å². The van der Waals surface area contributed by atoms with Crippen LogP contribution in [0, 0.1) is 0 Å². The summed E-state index contributed by atoms with van der Waals surface area (Å²) in [7, 11) is -3.21. The topological polar surface area (TPSA) is 91.8 Å². The molecule has 1 heterocycles. The first-order valence-electron chi connectivity index (χ1n) is 6.44. The van der Waals surface area contributed by atoms with Gasteiger partial charge in [0.1, 0.15) is 15.4 Å². The Balaban J connectivity index is 2.85. The smallest absolute Gasteiger partial charge is 0.329 e. The number of carboxylic acids is 1. The fraction of sp³-hybridized carbons (Fsp3) is 0.833. The van der Waals surface area contributed by atoms with Crippen molar-refractivity contribution in [3.05, 3.63) is 0 Å². The van der Waals surface area contributed by atoms with E-state index in [0.717, 1.165) is 6.26 Å². The van der Waals surface area contributed by atoms with Crippen molar-refractivity contribution >= 4 is 21.7 Å². The molecule has 0 aromatic carbocycles. The molecule has 1 saturated heterocycles. The third-order valence-electron chi connectivity index (χ3n) is 3.54. The van der Waals surface area contributed by atoms with Gasteiger partial charge in [0.15, 0.2) is 0 Å². The van der Waals surface area contributed by atoms with Gasteiger partial charge in [0.25, 0.3) is 0 Å². The van der Waals surface area contributed by atoms with Crippen LogP contribution < -0.4 is 0 Å². The molecule has 0 spiro atoms. The molecule has 19 heavy (non-hydrogen) atoms. The van der Waals surface area contributed by atoms with Crippen LogP contribution in [-0.2, 0) is 19.4 Å². The second kappa shape index (κ2) is 5.90. The first-order chi connectivity index (χ1) is 8.73. The minimum absolute atomic E-state index is 0.141. The van der Waals surface area contributed by atoms with E-state index in [1.54, 1.807) is 0 Å². The maximum atomic E-state index is 12.1. The molecule has 6 nitrogen and oxygen atoms in total. The van der Waals surface area contributed by atoms with Gasteiger partial charge in [0.05, 0.1) is 5.75 Å². The zero-order valence-electron chi connectivity index (χ0n) is 11.4. The summed E-state index contributed by atoms with van der Waals surface area (Å²) < 4.78 is 22.2. The van der Waals surface area contributed by atoms with Gasteiger partial charge in [-0.15, -0.1) is 0 Å². The molecule has 1 amide bonds. The maximum absolute atomic E-state index is 12.1. The molecule has 1 fully saturated rings. The number of amides is 1. The largest absolute Gasteiger partial charge is 0.479 e. The standard InChI is InChI=1S/C12H21NO5S/c1-3-6-12(11(15)16)7-4-8-13(12)10(14)5-9-19(2,17)18/h3-9H2,1-2H3,(H,15,16). The summed E-state index contributed by atoms with van der Waals surface area (Å²) >= 11 is 0. The second-order valence-electron chi connectivity index (χ2n) is 5.12. The lowest BCUT2D eigenvalue weighted by Crippen LogP contribution is -2.53. The lowest BCUT2D eigenvalue weighted by Gasteiger charge is -2.34. The number of rotatable bonds is 6. The minimum Gasteiger partial charge on any atom is -0.479 e. The molecular weight excluding hydrogens is 270 g/mol. The van der Waals surface area contributed by atoms with Gasteiger partial charge in [-0.05, 0) is 19.3 Å². The highest BCUT2D eigenvalue weighted by atomic mass is 32.2. The van der Waals surface area contributed by atoms with Gasteiger partial charge in [-0.2, -0.15) is 0 Å². The normalized spacial score (nSPS) is 23.6. The summed E-state index contributed by atoms with van der Waals surface area (Å²) in [6.07, 6.45) is 3.10. The van der Waals surface area contributed by atoms with Crippen LogP contribution in [0.3, 0.4) is 0 Å². The number of carbonyl (C=O) groups excluding carboxylic acids is 1. The zero-order valence-corrected chi connectivity index (χ0v) is 12.2. The average Bonchev–Trinajstić information content (AvgIpc) is 2.70. The molecule has 1 aliphatic heterocycles. The summed E-state index contributed by atoms with van der Waals surface area (Å²) in [5.41, 5.74) is -1.14. The van der Waals surface area contributed by atoms with Crippen LogP contribution in [0.4, 0.5) is 0 Å². The van der Waals surface area contributed by atoms with Crippen LogP contribution in [0.25, 0.3) is 0 Å². The Labute approximate surface area is 113 Å². The van der Waals surface area contributed by atoms with Gasteiger partial charge in [0.2, 0.25) is 5.91 Å². The average molecular weight is 291 g/mol. The Morgan fingerprint density at radius 1 is 1.37 bits per heavy atom. The molecule has 0 aromatic heterocycles. The van der Waals surface area contributed by atoms with Crippen LogP contribution in [0.1, 0.15) is 39.0 Å². The highest BCUT2D eigenvalue weighted by molar-refractivity contribution is 7.90. The Morgan fingerprint density at radius 3 is 2.47 bits per heavy atom. The fourth-order valence-corrected chi connectivity index (χ4v) is 3.20. The van der Waals surface area contributed by atoms with Crippen LogP contribution in [-0.4, -0.2) is 54.4 Å². The van der Waals surface area contributed by atoms with Crippen LogP contribution in [0.15, 0.2) is 0 Å². The van der Waals surface area contributed by atoms with E-state index in [4.69, 9.17) is 0 Å². The summed E-state index contributed by atoms with van der Waals surface area (Å²) in [6, 6.07) is 0. The van der Waals surface area contributed by atoms with Crippen molar-refractivity contribution in [2.24, 2.45) is 0 Å². The molecule has 1 rings (SSSR count). The van der Waals surface area contributed by atoms with E-state index in [0.29, 0.717) is 32.2 Å². The molecule has 1 aliphatic rings. The molecule has 110 valence electrons. The Kier molecular flexibility index (Phi) is 4.95. The predicted molar refractivity (Wildman–Crippen MR) is 70.5 cm³/mol. The monoisotopic (exact) mass is 291 g/mol. The van der Waals surface area contributed by atoms with Crippen LogP contribution in [0.5, 0.6) is 0 Å². The third kappa shape index (κ3) is 3.68. The first kappa shape index (κ1) is 15.9. The molecule has 0 saturated carbocycles. The van der Waals surface area contributed by atoms with E-state index in [1.807, 2.05) is 6.92 Å². The summed E-state index contributed by atoms with van der Waals surface area (Å²) in [5, 5.41) is 9.43. The zero-order chi connectivity index (χ0) is 14.7. The lowest BCUT2D eigenvalue weighted by molar-refractivity contribution is -0.157. The highest BCUT2D eigenvalue weighted by Crippen LogP contribution is 2.34. The van der Waals surface area contributed by atoms with E-state index in [1.165, 1.54) is 4.90 Å². The molecule has 0 bridgehead atoms. The predicted octanol–water partition coefficient (Wildman–Crippen LogP) is 0.667. The lowest BCUT2D eigenvalue weighted by atomic mass is 9.90. The highest BCUT2D eigenvalue weighted by Gasteiger charge is 2.48. The van der Waals surface area contributed by atoms with Gasteiger partial charge >= 0.3 is 5.97 Å². The van der Waals surface area contributed by atoms with Gasteiger partial charge in [-0.1, -0.05) is 13.3 Å². The van der Waals surface area contributed by atoms with Gasteiger partial charge < -0.3 is 10.0 Å². The number of nitrogens with zero attached hydrogens (tertiary/aromatic N) is 1. The van der Waals surface area contributed by atoms with Crippen molar-refractivity contribution in [3.63, 3.8) is 0 Å². The van der Waals surface area contributed by atoms with Crippen molar-refractivity contribution in [1.29, 1.82) is 0 Å². The SMILES string of the molecule is CCCC1(C(=O)O)CCCN1C(=O)CCS(C)(=O)=O. The van der Waals surface area contributed by atoms with E-state index < -0.39 is 21.3 Å². The second-order valence-corrected chi connectivity index (χ2v) is 7.38. The molecule has 0 aromatic rings. The molecule has 1 unspecified atom stereocenters. The first-order valence-corrected chi connectivity index (χ1v) is 8.50. The number of carbonyl (C=O) groups is 2. The summed E-state index contributed by atoms with van der Waals surface area (Å²) in [6.45, 7) is 2.27. The Hall–Kier alpha value is -1.11. The van der Waals surface area contributed by atoms with E-state index >= 15 is 0 Å². The Morgan fingerprint density at radius 2 is 2.00 bits per heavy atom. The summed E-state index contributed by atoms with van der Waals surface area (Å²) in [4.78, 5) is 25.0. The van der Waals surface area contributed by atoms with E-state index in [-0.39, 0.29) is 18.1 Å². The molecule has 0 aliphatic carbocycles. The third-order valence-corrected chi connectivity index (χ3v) is 4.48. The van der Waals surface area contributed by atoms with Gasteiger partial charge in [0, 0.05) is 19.2 Å². The number of sulfone groups is 1. The van der Waals surface area contributed by atoms with Gasteiger partial charge in [-0.25, -0.2) is 13.2 Å². The van der Waals surface area contributed by atoms with E-state index in [9.17, 15) is 23.1 Å². The van der Waals surface area contributed by atoms with Crippen LogP contribution >= 0.6 is 0 Å². The van der Waals surface area contributed by atoms with Crippen molar-refractivity contribution in [2.45, 2.75) is 44.6 Å². The fourth-order valence-electron chi connectivity index (χ4n) is 2.65. The maximum Gasteiger partial charge on any atom is 0.329 e. The number of aliphatic carboxylic acids is 1.